The van der Waals surface area contributed by atoms with Crippen molar-refractivity contribution < 1.29 is 14.3 Å². The summed E-state index contributed by atoms with van der Waals surface area (Å²) >= 11 is 0. The van der Waals surface area contributed by atoms with Gasteiger partial charge in [-0.1, -0.05) is 0 Å². The third-order valence-electron chi connectivity index (χ3n) is 4.08. The van der Waals surface area contributed by atoms with E-state index in [9.17, 15) is 4.79 Å². The van der Waals surface area contributed by atoms with Gasteiger partial charge in [0.1, 0.15) is 17.7 Å². The normalized spacial score (nSPS) is 22.4. The van der Waals surface area contributed by atoms with Gasteiger partial charge < -0.3 is 19.3 Å². The van der Waals surface area contributed by atoms with Gasteiger partial charge in [0.05, 0.1) is 13.3 Å². The number of carbonyl (C=O) groups excluding carboxylic acids is 1. The Hall–Kier alpha value is -1.82. The second kappa shape index (κ2) is 6.30. The minimum atomic E-state index is -0.212. The molecule has 114 valence electrons. The first-order valence-corrected chi connectivity index (χ1v) is 7.43. The predicted molar refractivity (Wildman–Crippen MR) is 78.6 cm³/mol. The Balaban J connectivity index is 1.55. The number of aromatic nitrogens is 1. The molecule has 0 radical (unpaired) electrons. The number of hydrogen-bond acceptors (Lipinski definition) is 5. The molecule has 1 atom stereocenters. The van der Waals surface area contributed by atoms with Gasteiger partial charge in [0.15, 0.2) is 0 Å². The van der Waals surface area contributed by atoms with Crippen molar-refractivity contribution in [2.24, 2.45) is 0 Å². The maximum Gasteiger partial charge on any atom is 0.251 e. The molecule has 0 N–H and O–H groups in total. The molecule has 2 aliphatic heterocycles. The topological polar surface area (TPSA) is 54.9 Å². The highest BCUT2D eigenvalue weighted by molar-refractivity contribution is 5.81. The van der Waals surface area contributed by atoms with Crippen molar-refractivity contribution >= 4 is 11.7 Å². The van der Waals surface area contributed by atoms with Crippen LogP contribution in [0.1, 0.15) is 12.8 Å². The molecule has 2 saturated heterocycles. The van der Waals surface area contributed by atoms with Gasteiger partial charge in [-0.25, -0.2) is 4.98 Å². The summed E-state index contributed by atoms with van der Waals surface area (Å²) in [6.07, 6.45) is 3.36. The van der Waals surface area contributed by atoms with Crippen LogP contribution in [0, 0.1) is 0 Å². The van der Waals surface area contributed by atoms with Crippen LogP contribution >= 0.6 is 0 Å². The second-order valence-corrected chi connectivity index (χ2v) is 5.37. The monoisotopic (exact) mass is 291 g/mol. The van der Waals surface area contributed by atoms with Gasteiger partial charge in [-0.2, -0.15) is 0 Å². The molecule has 0 spiro atoms. The van der Waals surface area contributed by atoms with Crippen LogP contribution in [0.15, 0.2) is 18.3 Å². The van der Waals surface area contributed by atoms with Gasteiger partial charge in [-0.15, -0.1) is 0 Å². The van der Waals surface area contributed by atoms with Crippen LogP contribution in [0.2, 0.25) is 0 Å². The molecule has 0 aliphatic carbocycles. The number of carbonyl (C=O) groups is 1. The quantitative estimate of drug-likeness (QED) is 0.829. The van der Waals surface area contributed by atoms with Gasteiger partial charge in [0.25, 0.3) is 5.91 Å². The Labute approximate surface area is 124 Å². The zero-order valence-corrected chi connectivity index (χ0v) is 12.3. The van der Waals surface area contributed by atoms with Crippen molar-refractivity contribution in [2.45, 2.75) is 18.9 Å². The Morgan fingerprint density at radius 2 is 2.14 bits per heavy atom. The van der Waals surface area contributed by atoms with Crippen molar-refractivity contribution in [1.29, 1.82) is 0 Å². The number of amides is 1. The van der Waals surface area contributed by atoms with Crippen molar-refractivity contribution in [3.8, 4) is 5.75 Å². The number of pyridine rings is 1. The number of methoxy groups -OCH3 is 1. The highest BCUT2D eigenvalue weighted by Crippen LogP contribution is 2.19. The van der Waals surface area contributed by atoms with Crippen LogP contribution in [-0.2, 0) is 9.53 Å². The molecule has 1 unspecified atom stereocenters. The molecule has 1 amide bonds. The number of nitrogens with zero attached hydrogens (tertiary/aromatic N) is 3. The van der Waals surface area contributed by atoms with Crippen LogP contribution in [0.5, 0.6) is 5.75 Å². The van der Waals surface area contributed by atoms with Crippen molar-refractivity contribution in [3.05, 3.63) is 18.3 Å². The van der Waals surface area contributed by atoms with E-state index < -0.39 is 0 Å². The van der Waals surface area contributed by atoms with Crippen LogP contribution in [0.3, 0.4) is 0 Å². The van der Waals surface area contributed by atoms with Gasteiger partial charge in [-0.05, 0) is 25.0 Å². The van der Waals surface area contributed by atoms with Gasteiger partial charge in [0, 0.05) is 32.8 Å². The predicted octanol–water partition coefficient (Wildman–Crippen LogP) is 0.918. The summed E-state index contributed by atoms with van der Waals surface area (Å²) in [6.45, 7) is 3.78. The molecule has 6 nitrogen and oxygen atoms in total. The van der Waals surface area contributed by atoms with Gasteiger partial charge >= 0.3 is 0 Å². The molecule has 3 rings (SSSR count). The molecular formula is C15H21N3O3. The molecule has 2 fully saturated rings. The Morgan fingerprint density at radius 1 is 1.33 bits per heavy atom. The third-order valence-corrected chi connectivity index (χ3v) is 4.08. The lowest BCUT2D eigenvalue weighted by Gasteiger charge is -2.36. The number of anilines is 1. The van der Waals surface area contributed by atoms with E-state index in [0.717, 1.165) is 50.6 Å². The van der Waals surface area contributed by atoms with E-state index in [-0.39, 0.29) is 12.0 Å². The fourth-order valence-electron chi connectivity index (χ4n) is 2.81. The minimum Gasteiger partial charge on any atom is -0.495 e. The summed E-state index contributed by atoms with van der Waals surface area (Å²) < 4.78 is 10.6. The number of hydrogen-bond donors (Lipinski definition) is 0. The first kappa shape index (κ1) is 14.1. The molecule has 21 heavy (non-hydrogen) atoms. The van der Waals surface area contributed by atoms with Gasteiger partial charge in [-0.3, -0.25) is 4.79 Å². The lowest BCUT2D eigenvalue weighted by atomic mass is 10.2. The Kier molecular flexibility index (Phi) is 4.24. The number of ether oxygens (including phenoxy) is 2. The lowest BCUT2D eigenvalue weighted by Crippen LogP contribution is -2.51. The number of rotatable bonds is 3. The lowest BCUT2D eigenvalue weighted by molar-refractivity contribution is -0.141. The Bertz CT molecular complexity index is 477. The molecule has 6 heteroatoms. The summed E-state index contributed by atoms with van der Waals surface area (Å²) in [7, 11) is 1.63. The molecule has 0 bridgehead atoms. The fraction of sp³-hybridized carbons (Fsp3) is 0.600. The molecule has 1 aromatic heterocycles. The second-order valence-electron chi connectivity index (χ2n) is 5.37. The zero-order chi connectivity index (χ0) is 14.7. The van der Waals surface area contributed by atoms with E-state index >= 15 is 0 Å². The van der Waals surface area contributed by atoms with E-state index in [1.165, 1.54) is 0 Å². The summed E-state index contributed by atoms with van der Waals surface area (Å²) in [5.41, 5.74) is 0. The van der Waals surface area contributed by atoms with Crippen LogP contribution in [0.25, 0.3) is 0 Å². The molecular weight excluding hydrogens is 270 g/mol. The van der Waals surface area contributed by atoms with Crippen molar-refractivity contribution in [2.75, 3.05) is 44.8 Å². The standard InChI is InChI=1S/C15H21N3O3/c1-20-12-4-5-14(16-11-12)17-6-8-18(9-7-17)15(19)13-3-2-10-21-13/h4-5,11,13H,2-3,6-10H2,1H3. The van der Waals surface area contributed by atoms with E-state index in [1.54, 1.807) is 13.3 Å². The van der Waals surface area contributed by atoms with E-state index in [2.05, 4.69) is 9.88 Å². The SMILES string of the molecule is COc1ccc(N2CCN(C(=O)C3CCCO3)CC2)nc1. The molecule has 0 aromatic carbocycles. The van der Waals surface area contributed by atoms with E-state index in [0.29, 0.717) is 6.61 Å². The fourth-order valence-corrected chi connectivity index (χ4v) is 2.81. The van der Waals surface area contributed by atoms with Crippen LogP contribution in [-0.4, -0.2) is 61.8 Å². The molecule has 1 aromatic rings. The third kappa shape index (κ3) is 3.10. The molecule has 0 saturated carbocycles. The van der Waals surface area contributed by atoms with Crippen LogP contribution in [0.4, 0.5) is 5.82 Å². The zero-order valence-electron chi connectivity index (χ0n) is 12.3. The van der Waals surface area contributed by atoms with E-state index in [4.69, 9.17) is 9.47 Å². The maximum absolute atomic E-state index is 12.3. The number of piperazine rings is 1. The first-order valence-electron chi connectivity index (χ1n) is 7.43. The van der Waals surface area contributed by atoms with E-state index in [1.807, 2.05) is 17.0 Å². The molecule has 2 aliphatic rings. The first-order chi connectivity index (χ1) is 10.3. The average molecular weight is 291 g/mol. The maximum atomic E-state index is 12.3. The highest BCUT2D eigenvalue weighted by atomic mass is 16.5. The Morgan fingerprint density at radius 3 is 2.71 bits per heavy atom. The summed E-state index contributed by atoms with van der Waals surface area (Å²) in [5, 5.41) is 0. The highest BCUT2D eigenvalue weighted by Gasteiger charge is 2.30. The summed E-state index contributed by atoms with van der Waals surface area (Å²) in [4.78, 5) is 20.8. The minimum absolute atomic E-state index is 0.148. The van der Waals surface area contributed by atoms with Crippen molar-refractivity contribution in [1.82, 2.24) is 9.88 Å². The summed E-state index contributed by atoms with van der Waals surface area (Å²) in [5.74, 6) is 1.83. The molecule has 3 heterocycles. The van der Waals surface area contributed by atoms with Crippen molar-refractivity contribution in [3.63, 3.8) is 0 Å². The average Bonchev–Trinajstić information content (AvgIpc) is 3.09. The smallest absolute Gasteiger partial charge is 0.251 e. The largest absolute Gasteiger partial charge is 0.495 e. The van der Waals surface area contributed by atoms with Gasteiger partial charge in [0.2, 0.25) is 0 Å². The van der Waals surface area contributed by atoms with Crippen LogP contribution < -0.4 is 9.64 Å². The summed E-state index contributed by atoms with van der Waals surface area (Å²) in [6, 6.07) is 3.86.